The summed E-state index contributed by atoms with van der Waals surface area (Å²) < 4.78 is 0. The second-order valence-corrected chi connectivity index (χ2v) is 5.64. The highest BCUT2D eigenvalue weighted by molar-refractivity contribution is 5.81. The van der Waals surface area contributed by atoms with E-state index in [1.807, 2.05) is 0 Å². The Bertz CT molecular complexity index is 209. The number of carbonyl (C=O) groups is 1. The SMILES string of the molecule is CC(=O)[C@@H](N)C[C@H](C)CCC1CCCCC1. The van der Waals surface area contributed by atoms with Gasteiger partial charge < -0.3 is 5.73 Å². The zero-order chi connectivity index (χ0) is 12.0. The van der Waals surface area contributed by atoms with E-state index in [1.165, 1.54) is 44.9 Å². The average Bonchev–Trinajstić information content (AvgIpc) is 2.27. The third kappa shape index (κ3) is 5.11. The topological polar surface area (TPSA) is 43.1 Å². The Morgan fingerprint density at radius 2 is 1.94 bits per heavy atom. The number of Topliss-reactive ketones (excluding diaryl/α,β-unsaturated/α-hetero) is 1. The molecule has 0 unspecified atom stereocenters. The van der Waals surface area contributed by atoms with Crippen LogP contribution >= 0.6 is 0 Å². The van der Waals surface area contributed by atoms with Crippen molar-refractivity contribution in [1.82, 2.24) is 0 Å². The van der Waals surface area contributed by atoms with Crippen LogP contribution in [0.3, 0.4) is 0 Å². The van der Waals surface area contributed by atoms with Gasteiger partial charge in [-0.3, -0.25) is 4.79 Å². The van der Waals surface area contributed by atoms with Crippen LogP contribution < -0.4 is 5.73 Å². The van der Waals surface area contributed by atoms with E-state index in [0.29, 0.717) is 5.92 Å². The zero-order valence-electron chi connectivity index (χ0n) is 10.9. The fourth-order valence-corrected chi connectivity index (χ4v) is 2.71. The lowest BCUT2D eigenvalue weighted by Crippen LogP contribution is -2.30. The molecule has 1 rings (SSSR count). The van der Waals surface area contributed by atoms with Crippen molar-refractivity contribution in [2.24, 2.45) is 17.6 Å². The Balaban J connectivity index is 2.13. The van der Waals surface area contributed by atoms with Gasteiger partial charge in [-0.2, -0.15) is 0 Å². The molecule has 0 spiro atoms. The Hall–Kier alpha value is -0.370. The minimum absolute atomic E-state index is 0.129. The molecular formula is C14H27NO. The van der Waals surface area contributed by atoms with E-state index in [-0.39, 0.29) is 11.8 Å². The standard InChI is InChI=1S/C14H27NO/c1-11(10-14(15)12(2)16)8-9-13-6-4-3-5-7-13/h11,13-14H,3-10,15H2,1-2H3/t11-,14+/m1/s1. The summed E-state index contributed by atoms with van der Waals surface area (Å²) in [7, 11) is 0. The predicted molar refractivity (Wildman–Crippen MR) is 68.2 cm³/mol. The molecule has 2 N–H and O–H groups in total. The maximum atomic E-state index is 11.1. The van der Waals surface area contributed by atoms with Crippen LogP contribution in [-0.4, -0.2) is 11.8 Å². The van der Waals surface area contributed by atoms with Crippen LogP contribution in [-0.2, 0) is 4.79 Å². The molecule has 94 valence electrons. The van der Waals surface area contributed by atoms with Gasteiger partial charge in [-0.15, -0.1) is 0 Å². The van der Waals surface area contributed by atoms with E-state index < -0.39 is 0 Å². The van der Waals surface area contributed by atoms with Gasteiger partial charge in [-0.25, -0.2) is 0 Å². The van der Waals surface area contributed by atoms with Gasteiger partial charge in [0.15, 0.2) is 0 Å². The highest BCUT2D eigenvalue weighted by Crippen LogP contribution is 2.29. The summed E-state index contributed by atoms with van der Waals surface area (Å²) in [6.07, 6.45) is 10.6. The second-order valence-electron chi connectivity index (χ2n) is 5.64. The van der Waals surface area contributed by atoms with Gasteiger partial charge >= 0.3 is 0 Å². The monoisotopic (exact) mass is 225 g/mol. The van der Waals surface area contributed by atoms with Crippen LogP contribution in [0.25, 0.3) is 0 Å². The van der Waals surface area contributed by atoms with Crippen LogP contribution in [0.2, 0.25) is 0 Å². The molecule has 1 aliphatic rings. The van der Waals surface area contributed by atoms with Crippen molar-refractivity contribution in [2.45, 2.75) is 71.3 Å². The molecule has 1 aliphatic carbocycles. The van der Waals surface area contributed by atoms with Crippen molar-refractivity contribution >= 4 is 5.78 Å². The molecule has 1 fully saturated rings. The smallest absolute Gasteiger partial charge is 0.146 e. The summed E-state index contributed by atoms with van der Waals surface area (Å²) in [6.45, 7) is 3.82. The van der Waals surface area contributed by atoms with Crippen LogP contribution in [0, 0.1) is 11.8 Å². The molecule has 0 bridgehead atoms. The maximum absolute atomic E-state index is 11.1. The molecule has 16 heavy (non-hydrogen) atoms. The highest BCUT2D eigenvalue weighted by Gasteiger charge is 2.17. The van der Waals surface area contributed by atoms with E-state index in [9.17, 15) is 4.79 Å². The molecule has 0 saturated heterocycles. The number of rotatable bonds is 6. The first-order valence-corrected chi connectivity index (χ1v) is 6.85. The second kappa shape index (κ2) is 7.05. The molecule has 1 saturated carbocycles. The van der Waals surface area contributed by atoms with Gasteiger partial charge in [0.05, 0.1) is 6.04 Å². The van der Waals surface area contributed by atoms with Crippen LogP contribution in [0.4, 0.5) is 0 Å². The lowest BCUT2D eigenvalue weighted by Gasteiger charge is -2.23. The number of carbonyl (C=O) groups excluding carboxylic acids is 1. The quantitative estimate of drug-likeness (QED) is 0.753. The van der Waals surface area contributed by atoms with Gasteiger partial charge in [0.2, 0.25) is 0 Å². The highest BCUT2D eigenvalue weighted by atomic mass is 16.1. The van der Waals surface area contributed by atoms with Gasteiger partial charge in [-0.1, -0.05) is 51.9 Å². The van der Waals surface area contributed by atoms with Crippen molar-refractivity contribution < 1.29 is 4.79 Å². The Morgan fingerprint density at radius 3 is 2.50 bits per heavy atom. The van der Waals surface area contributed by atoms with Crippen molar-refractivity contribution in [3.05, 3.63) is 0 Å². The molecule has 0 aromatic rings. The van der Waals surface area contributed by atoms with E-state index in [2.05, 4.69) is 6.92 Å². The molecule has 2 nitrogen and oxygen atoms in total. The van der Waals surface area contributed by atoms with Gasteiger partial charge in [-0.05, 0) is 25.2 Å². The summed E-state index contributed by atoms with van der Waals surface area (Å²) in [5.74, 6) is 1.68. The molecule has 0 heterocycles. The first-order valence-electron chi connectivity index (χ1n) is 6.85. The molecule has 0 radical (unpaired) electrons. The minimum Gasteiger partial charge on any atom is -0.322 e. The van der Waals surface area contributed by atoms with Crippen LogP contribution in [0.1, 0.15) is 65.2 Å². The maximum Gasteiger partial charge on any atom is 0.146 e. The molecular weight excluding hydrogens is 198 g/mol. The lowest BCUT2D eigenvalue weighted by atomic mass is 9.83. The molecule has 0 aliphatic heterocycles. The third-order valence-electron chi connectivity index (χ3n) is 3.97. The number of hydrogen-bond acceptors (Lipinski definition) is 2. The summed E-state index contributed by atoms with van der Waals surface area (Å²) >= 11 is 0. The van der Waals surface area contributed by atoms with Crippen molar-refractivity contribution in [3.8, 4) is 0 Å². The predicted octanol–water partition coefficient (Wildman–Crippen LogP) is 3.29. The molecule has 0 aromatic heterocycles. The average molecular weight is 225 g/mol. The Kier molecular flexibility index (Phi) is 6.04. The lowest BCUT2D eigenvalue weighted by molar-refractivity contribution is -0.118. The summed E-state index contributed by atoms with van der Waals surface area (Å²) in [5, 5.41) is 0. The van der Waals surface area contributed by atoms with E-state index >= 15 is 0 Å². The van der Waals surface area contributed by atoms with E-state index in [1.54, 1.807) is 6.92 Å². The van der Waals surface area contributed by atoms with Crippen LogP contribution in [0.5, 0.6) is 0 Å². The molecule has 0 aromatic carbocycles. The Labute approximate surface area is 100.0 Å². The Morgan fingerprint density at radius 1 is 1.31 bits per heavy atom. The number of ketones is 1. The van der Waals surface area contributed by atoms with Crippen molar-refractivity contribution in [1.29, 1.82) is 0 Å². The van der Waals surface area contributed by atoms with E-state index in [0.717, 1.165) is 12.3 Å². The molecule has 2 atom stereocenters. The number of nitrogens with two attached hydrogens (primary N) is 1. The fourth-order valence-electron chi connectivity index (χ4n) is 2.71. The summed E-state index contributed by atoms with van der Waals surface area (Å²) in [6, 6.07) is -0.235. The van der Waals surface area contributed by atoms with Crippen molar-refractivity contribution in [2.75, 3.05) is 0 Å². The van der Waals surface area contributed by atoms with Gasteiger partial charge in [0, 0.05) is 0 Å². The fraction of sp³-hybridized carbons (Fsp3) is 0.929. The van der Waals surface area contributed by atoms with Gasteiger partial charge in [0.25, 0.3) is 0 Å². The summed E-state index contributed by atoms with van der Waals surface area (Å²) in [4.78, 5) is 11.1. The van der Waals surface area contributed by atoms with Gasteiger partial charge in [0.1, 0.15) is 5.78 Å². The first kappa shape index (κ1) is 13.7. The van der Waals surface area contributed by atoms with Crippen molar-refractivity contribution in [3.63, 3.8) is 0 Å². The zero-order valence-corrected chi connectivity index (χ0v) is 10.9. The van der Waals surface area contributed by atoms with Crippen LogP contribution in [0.15, 0.2) is 0 Å². The number of hydrogen-bond donors (Lipinski definition) is 1. The van der Waals surface area contributed by atoms with E-state index in [4.69, 9.17) is 5.73 Å². The third-order valence-corrected chi connectivity index (χ3v) is 3.97. The molecule has 2 heteroatoms. The first-order chi connectivity index (χ1) is 7.59. The molecule has 0 amide bonds. The minimum atomic E-state index is -0.235. The largest absolute Gasteiger partial charge is 0.322 e. The normalized spacial score (nSPS) is 21.7. The summed E-state index contributed by atoms with van der Waals surface area (Å²) in [5.41, 5.74) is 5.78.